The molecule has 0 spiro atoms. The van der Waals surface area contributed by atoms with Gasteiger partial charge in [-0.15, -0.1) is 0 Å². The van der Waals surface area contributed by atoms with E-state index in [9.17, 15) is 4.79 Å². The summed E-state index contributed by atoms with van der Waals surface area (Å²) < 4.78 is 5.95. The van der Waals surface area contributed by atoms with E-state index in [1.165, 1.54) is 6.92 Å². The van der Waals surface area contributed by atoms with Crippen LogP contribution in [0.2, 0.25) is 0 Å². The van der Waals surface area contributed by atoms with Gasteiger partial charge in [-0.2, -0.15) is 0 Å². The molecule has 4 heteroatoms. The predicted molar refractivity (Wildman–Crippen MR) is 48.8 cm³/mol. The van der Waals surface area contributed by atoms with Gasteiger partial charge in [0.2, 0.25) is 5.91 Å². The van der Waals surface area contributed by atoms with Crippen molar-refractivity contribution in [1.82, 2.24) is 5.32 Å². The van der Waals surface area contributed by atoms with Crippen molar-refractivity contribution in [2.75, 3.05) is 6.54 Å². The molecule has 1 aromatic rings. The summed E-state index contributed by atoms with van der Waals surface area (Å²) in [4.78, 5) is 10.5. The third-order valence-electron chi connectivity index (χ3n) is 1.37. The molecule has 66 valence electrons. The highest BCUT2D eigenvalue weighted by molar-refractivity contribution is 9.10. The Labute approximate surface area is 79.3 Å². The summed E-state index contributed by atoms with van der Waals surface area (Å²) >= 11 is 3.20. The molecule has 0 saturated heterocycles. The first-order chi connectivity index (χ1) is 5.68. The predicted octanol–water partition coefficient (Wildman–Crippen LogP) is 1.72. The first kappa shape index (κ1) is 9.32. The van der Waals surface area contributed by atoms with Gasteiger partial charge in [-0.05, 0) is 28.1 Å². The van der Waals surface area contributed by atoms with Crippen LogP contribution in [0.5, 0.6) is 0 Å². The first-order valence-corrected chi connectivity index (χ1v) is 4.46. The van der Waals surface area contributed by atoms with Gasteiger partial charge in [0, 0.05) is 19.9 Å². The number of nitrogens with one attached hydrogen (secondary N) is 1. The lowest BCUT2D eigenvalue weighted by molar-refractivity contribution is -0.118. The molecule has 0 bridgehead atoms. The molecule has 1 rings (SSSR count). The third kappa shape index (κ3) is 3.09. The normalized spacial score (nSPS) is 9.83. The number of amides is 1. The summed E-state index contributed by atoms with van der Waals surface area (Å²) in [5.74, 6) is 0.858. The van der Waals surface area contributed by atoms with Crippen LogP contribution in [0.15, 0.2) is 21.2 Å². The fraction of sp³-hybridized carbons (Fsp3) is 0.375. The highest BCUT2D eigenvalue weighted by Crippen LogP contribution is 2.13. The number of rotatable bonds is 3. The van der Waals surface area contributed by atoms with Gasteiger partial charge in [-0.25, -0.2) is 0 Å². The van der Waals surface area contributed by atoms with Gasteiger partial charge >= 0.3 is 0 Å². The van der Waals surface area contributed by atoms with Gasteiger partial charge in [-0.1, -0.05) is 0 Å². The van der Waals surface area contributed by atoms with Crippen LogP contribution in [0.4, 0.5) is 0 Å². The van der Waals surface area contributed by atoms with Crippen molar-refractivity contribution in [1.29, 1.82) is 0 Å². The fourth-order valence-corrected chi connectivity index (χ4v) is 1.19. The van der Waals surface area contributed by atoms with E-state index >= 15 is 0 Å². The highest BCUT2D eigenvalue weighted by atomic mass is 79.9. The maximum absolute atomic E-state index is 10.5. The topological polar surface area (TPSA) is 42.2 Å². The Morgan fingerprint density at radius 3 is 2.92 bits per heavy atom. The zero-order valence-electron chi connectivity index (χ0n) is 6.76. The van der Waals surface area contributed by atoms with Crippen molar-refractivity contribution in [3.05, 3.63) is 22.6 Å². The molecule has 3 nitrogen and oxygen atoms in total. The molecule has 1 N–H and O–H groups in total. The van der Waals surface area contributed by atoms with Crippen molar-refractivity contribution < 1.29 is 9.21 Å². The Kier molecular flexibility index (Phi) is 3.34. The fourth-order valence-electron chi connectivity index (χ4n) is 0.848. The van der Waals surface area contributed by atoms with Crippen LogP contribution in [0.3, 0.4) is 0 Å². The lowest BCUT2D eigenvalue weighted by Crippen LogP contribution is -2.22. The number of furan rings is 1. The van der Waals surface area contributed by atoms with E-state index in [1.54, 1.807) is 0 Å². The number of hydrogen-bond acceptors (Lipinski definition) is 2. The molecule has 0 saturated carbocycles. The van der Waals surface area contributed by atoms with Crippen LogP contribution in [0, 0.1) is 0 Å². The maximum Gasteiger partial charge on any atom is 0.216 e. The molecule has 1 heterocycles. The van der Waals surface area contributed by atoms with E-state index in [4.69, 9.17) is 4.42 Å². The molecule has 0 unspecified atom stereocenters. The summed E-state index contributed by atoms with van der Waals surface area (Å²) in [5.41, 5.74) is 0. The van der Waals surface area contributed by atoms with Crippen molar-refractivity contribution >= 4 is 21.8 Å². The number of carbonyl (C=O) groups excluding carboxylic acids is 1. The van der Waals surface area contributed by atoms with Gasteiger partial charge in [0.1, 0.15) is 5.76 Å². The molecule has 0 aliphatic carbocycles. The minimum Gasteiger partial charge on any atom is -0.454 e. The standard InChI is InChI=1S/C8H10BrNO2/c1-6(11)10-5-4-7-2-3-8(9)12-7/h2-3H,4-5H2,1H3,(H,10,11). The van der Waals surface area contributed by atoms with Crippen molar-refractivity contribution in [3.63, 3.8) is 0 Å². The Hall–Kier alpha value is -0.770. The maximum atomic E-state index is 10.5. The van der Waals surface area contributed by atoms with Crippen LogP contribution < -0.4 is 5.32 Å². The van der Waals surface area contributed by atoms with E-state index in [0.29, 0.717) is 6.54 Å². The number of carbonyl (C=O) groups is 1. The molecule has 0 atom stereocenters. The van der Waals surface area contributed by atoms with Gasteiger partial charge in [0.25, 0.3) is 0 Å². The lowest BCUT2D eigenvalue weighted by atomic mass is 10.3. The zero-order valence-corrected chi connectivity index (χ0v) is 8.35. The average molecular weight is 232 g/mol. The minimum atomic E-state index is -0.0133. The van der Waals surface area contributed by atoms with Gasteiger partial charge in [0.15, 0.2) is 4.67 Å². The Morgan fingerprint density at radius 1 is 1.67 bits per heavy atom. The number of halogens is 1. The van der Waals surface area contributed by atoms with E-state index < -0.39 is 0 Å². The molecule has 0 aromatic carbocycles. The van der Waals surface area contributed by atoms with E-state index in [2.05, 4.69) is 21.2 Å². The molecule has 1 amide bonds. The summed E-state index contributed by atoms with van der Waals surface area (Å²) in [7, 11) is 0. The lowest BCUT2D eigenvalue weighted by Gasteiger charge is -1.97. The zero-order chi connectivity index (χ0) is 8.97. The smallest absolute Gasteiger partial charge is 0.216 e. The quantitative estimate of drug-likeness (QED) is 0.862. The summed E-state index contributed by atoms with van der Waals surface area (Å²) in [6.07, 6.45) is 0.727. The Bertz CT molecular complexity index is 270. The second-order valence-electron chi connectivity index (χ2n) is 2.44. The van der Waals surface area contributed by atoms with Crippen LogP contribution in [0.25, 0.3) is 0 Å². The monoisotopic (exact) mass is 231 g/mol. The molecule has 1 aromatic heterocycles. The summed E-state index contributed by atoms with van der Waals surface area (Å²) in [6, 6.07) is 3.72. The summed E-state index contributed by atoms with van der Waals surface area (Å²) in [6.45, 7) is 2.12. The summed E-state index contributed by atoms with van der Waals surface area (Å²) in [5, 5.41) is 2.69. The van der Waals surface area contributed by atoms with E-state index in [-0.39, 0.29) is 5.91 Å². The van der Waals surface area contributed by atoms with Crippen molar-refractivity contribution in [3.8, 4) is 0 Å². The van der Waals surface area contributed by atoms with Crippen LogP contribution in [-0.4, -0.2) is 12.5 Å². The first-order valence-electron chi connectivity index (χ1n) is 3.67. The van der Waals surface area contributed by atoms with Gasteiger partial charge < -0.3 is 9.73 Å². The molecule has 0 aliphatic heterocycles. The molecule has 0 fully saturated rings. The van der Waals surface area contributed by atoms with Crippen LogP contribution >= 0.6 is 15.9 Å². The minimum absolute atomic E-state index is 0.0133. The third-order valence-corrected chi connectivity index (χ3v) is 1.80. The van der Waals surface area contributed by atoms with Crippen LogP contribution in [-0.2, 0) is 11.2 Å². The van der Waals surface area contributed by atoms with Crippen molar-refractivity contribution in [2.24, 2.45) is 0 Å². The molecule has 0 aliphatic rings. The van der Waals surface area contributed by atoms with Crippen molar-refractivity contribution in [2.45, 2.75) is 13.3 Å². The van der Waals surface area contributed by atoms with Gasteiger partial charge in [0.05, 0.1) is 0 Å². The van der Waals surface area contributed by atoms with Crippen LogP contribution in [0.1, 0.15) is 12.7 Å². The largest absolute Gasteiger partial charge is 0.454 e. The second kappa shape index (κ2) is 4.30. The SMILES string of the molecule is CC(=O)NCCc1ccc(Br)o1. The average Bonchev–Trinajstić information content (AvgIpc) is 2.35. The molecular formula is C8H10BrNO2. The Balaban J connectivity index is 2.29. The highest BCUT2D eigenvalue weighted by Gasteiger charge is 1.98. The Morgan fingerprint density at radius 2 is 2.42 bits per heavy atom. The van der Waals surface area contributed by atoms with E-state index in [1.807, 2.05) is 12.1 Å². The second-order valence-corrected chi connectivity index (χ2v) is 3.22. The van der Waals surface area contributed by atoms with Gasteiger partial charge in [-0.3, -0.25) is 4.79 Å². The van der Waals surface area contributed by atoms with E-state index in [0.717, 1.165) is 16.9 Å². The molecule has 0 radical (unpaired) electrons. The molecular weight excluding hydrogens is 222 g/mol. The number of hydrogen-bond donors (Lipinski definition) is 1. The molecule has 12 heavy (non-hydrogen) atoms.